The van der Waals surface area contributed by atoms with Crippen molar-refractivity contribution in [2.24, 2.45) is 0 Å². The molecule has 2 heterocycles. The predicted octanol–water partition coefficient (Wildman–Crippen LogP) is 4.68. The zero-order valence-electron chi connectivity index (χ0n) is 16.5. The third-order valence-electron chi connectivity index (χ3n) is 5.22. The van der Waals surface area contributed by atoms with Crippen molar-refractivity contribution >= 4 is 28.4 Å². The summed E-state index contributed by atoms with van der Waals surface area (Å²) in [6, 6.07) is 25.9. The molecular weight excluding hydrogens is 392 g/mol. The summed E-state index contributed by atoms with van der Waals surface area (Å²) < 4.78 is 3.67. The third kappa shape index (κ3) is 3.19. The summed E-state index contributed by atoms with van der Waals surface area (Å²) >= 11 is 1.65. The number of rotatable bonds is 5. The molecule has 0 unspecified atom stereocenters. The van der Waals surface area contributed by atoms with Gasteiger partial charge in [-0.05, 0) is 42.7 Å². The molecule has 0 aliphatic carbocycles. The van der Waals surface area contributed by atoms with E-state index in [1.54, 1.807) is 16.3 Å². The number of hydrogen-bond acceptors (Lipinski definition) is 4. The van der Waals surface area contributed by atoms with E-state index < -0.39 is 0 Å². The molecule has 0 saturated heterocycles. The third-order valence-corrected chi connectivity index (χ3v) is 6.15. The van der Waals surface area contributed by atoms with Gasteiger partial charge in [0.1, 0.15) is 0 Å². The lowest BCUT2D eigenvalue weighted by atomic mass is 10.2. The van der Waals surface area contributed by atoms with Crippen molar-refractivity contribution < 1.29 is 0 Å². The molecule has 6 heteroatoms. The maximum absolute atomic E-state index is 13.4. The summed E-state index contributed by atoms with van der Waals surface area (Å²) in [6.07, 6.45) is 0.940. The van der Waals surface area contributed by atoms with Crippen molar-refractivity contribution in [3.8, 4) is 5.69 Å². The molecule has 0 atom stereocenters. The molecule has 0 saturated carbocycles. The molecule has 0 N–H and O–H groups in total. The topological polar surface area (TPSA) is 52.2 Å². The molecule has 0 fully saturated rings. The van der Waals surface area contributed by atoms with Crippen LogP contribution in [0.1, 0.15) is 11.1 Å². The molecule has 5 nitrogen and oxygen atoms in total. The van der Waals surface area contributed by atoms with Crippen molar-refractivity contribution in [2.75, 3.05) is 5.75 Å². The van der Waals surface area contributed by atoms with Crippen LogP contribution >= 0.6 is 11.8 Å². The van der Waals surface area contributed by atoms with Gasteiger partial charge in [-0.25, -0.2) is 4.57 Å². The van der Waals surface area contributed by atoms with Gasteiger partial charge in [0.05, 0.1) is 16.6 Å². The van der Waals surface area contributed by atoms with Crippen LogP contribution in [-0.4, -0.2) is 24.9 Å². The van der Waals surface area contributed by atoms with Gasteiger partial charge in [-0.1, -0.05) is 72.4 Å². The minimum Gasteiger partial charge on any atom is -0.268 e. The minimum absolute atomic E-state index is 0.0827. The summed E-state index contributed by atoms with van der Waals surface area (Å²) in [7, 11) is 0. The molecule has 0 spiro atoms. The molecule has 5 aromatic rings. The van der Waals surface area contributed by atoms with Gasteiger partial charge in [-0.15, -0.1) is 10.2 Å². The first-order valence-corrected chi connectivity index (χ1v) is 10.8. The van der Waals surface area contributed by atoms with E-state index in [1.807, 2.05) is 65.9 Å². The second-order valence-electron chi connectivity index (χ2n) is 7.15. The van der Waals surface area contributed by atoms with E-state index in [1.165, 1.54) is 5.56 Å². The number of thioether (sulfide) groups is 1. The normalized spacial score (nSPS) is 11.4. The average Bonchev–Trinajstić information content (AvgIpc) is 3.20. The molecule has 0 aliphatic rings. The van der Waals surface area contributed by atoms with E-state index >= 15 is 0 Å². The monoisotopic (exact) mass is 412 g/mol. The van der Waals surface area contributed by atoms with Gasteiger partial charge in [-0.3, -0.25) is 9.20 Å². The second-order valence-corrected chi connectivity index (χ2v) is 8.21. The molecule has 3 aromatic carbocycles. The molecule has 30 heavy (non-hydrogen) atoms. The highest BCUT2D eigenvalue weighted by molar-refractivity contribution is 7.99. The summed E-state index contributed by atoms with van der Waals surface area (Å²) in [5, 5.41) is 10.3. The van der Waals surface area contributed by atoms with Crippen molar-refractivity contribution in [3.63, 3.8) is 0 Å². The van der Waals surface area contributed by atoms with Crippen molar-refractivity contribution in [1.29, 1.82) is 0 Å². The van der Waals surface area contributed by atoms with Gasteiger partial charge >= 0.3 is 0 Å². The molecule has 0 radical (unpaired) electrons. The Balaban J connectivity index is 1.66. The highest BCUT2D eigenvalue weighted by atomic mass is 32.2. The fourth-order valence-electron chi connectivity index (χ4n) is 3.71. The summed E-state index contributed by atoms with van der Waals surface area (Å²) in [5.74, 6) is 1.41. The minimum atomic E-state index is -0.0827. The van der Waals surface area contributed by atoms with Crippen molar-refractivity contribution in [3.05, 3.63) is 100 Å². The van der Waals surface area contributed by atoms with Gasteiger partial charge in [0.15, 0.2) is 5.16 Å². The van der Waals surface area contributed by atoms with Gasteiger partial charge in [0, 0.05) is 5.75 Å². The Morgan fingerprint density at radius 2 is 1.60 bits per heavy atom. The van der Waals surface area contributed by atoms with Crippen LogP contribution in [0.5, 0.6) is 0 Å². The molecule has 0 amide bonds. The number of para-hydroxylation sites is 2. The van der Waals surface area contributed by atoms with Crippen LogP contribution in [0.25, 0.3) is 22.4 Å². The lowest BCUT2D eigenvalue weighted by molar-refractivity contribution is 0.927. The van der Waals surface area contributed by atoms with Crippen LogP contribution in [0.3, 0.4) is 0 Å². The zero-order valence-corrected chi connectivity index (χ0v) is 17.3. The maximum Gasteiger partial charge on any atom is 0.267 e. The Kier molecular flexibility index (Phi) is 4.85. The fraction of sp³-hybridized carbons (Fsp3) is 0.125. The number of benzene rings is 3. The zero-order chi connectivity index (χ0) is 20.5. The summed E-state index contributed by atoms with van der Waals surface area (Å²) in [4.78, 5) is 13.4. The van der Waals surface area contributed by atoms with Crippen LogP contribution < -0.4 is 5.56 Å². The first-order chi connectivity index (χ1) is 14.7. The first-order valence-electron chi connectivity index (χ1n) is 9.85. The van der Waals surface area contributed by atoms with Gasteiger partial charge in [0.2, 0.25) is 5.78 Å². The van der Waals surface area contributed by atoms with E-state index in [-0.39, 0.29) is 5.56 Å². The quantitative estimate of drug-likeness (QED) is 0.394. The smallest absolute Gasteiger partial charge is 0.267 e. The number of hydrogen-bond donors (Lipinski definition) is 0. The van der Waals surface area contributed by atoms with Gasteiger partial charge in [-0.2, -0.15) is 0 Å². The molecule has 148 valence electrons. The standard InChI is InChI=1S/C24H20N4OS/c1-17-9-5-7-13-20(17)27-22(29)19-12-6-8-14-21(19)28-23(27)25-26-24(28)30-16-15-18-10-3-2-4-11-18/h2-14H,15-16H2,1H3. The maximum atomic E-state index is 13.4. The Bertz CT molecular complexity index is 1410. The largest absolute Gasteiger partial charge is 0.268 e. The summed E-state index contributed by atoms with van der Waals surface area (Å²) in [6.45, 7) is 2.00. The van der Waals surface area contributed by atoms with E-state index in [0.717, 1.165) is 34.1 Å². The highest BCUT2D eigenvalue weighted by Crippen LogP contribution is 2.24. The van der Waals surface area contributed by atoms with Crippen molar-refractivity contribution in [1.82, 2.24) is 19.2 Å². The second kappa shape index (κ2) is 7.80. The SMILES string of the molecule is Cc1ccccc1-n1c(=O)c2ccccc2n2c(SCCc3ccccc3)nnc12. The number of aryl methyl sites for hydroxylation is 2. The molecular formula is C24H20N4OS. The van der Waals surface area contributed by atoms with Gasteiger partial charge < -0.3 is 0 Å². The Morgan fingerprint density at radius 1 is 0.867 bits per heavy atom. The van der Waals surface area contributed by atoms with E-state index in [9.17, 15) is 4.79 Å². The van der Waals surface area contributed by atoms with E-state index in [2.05, 4.69) is 34.5 Å². The Hall–Kier alpha value is -3.38. The van der Waals surface area contributed by atoms with Crippen molar-refractivity contribution in [2.45, 2.75) is 18.5 Å². The van der Waals surface area contributed by atoms with Crippen LogP contribution in [0.4, 0.5) is 0 Å². The molecule has 0 aliphatic heterocycles. The first kappa shape index (κ1) is 18.6. The molecule has 0 bridgehead atoms. The Morgan fingerprint density at radius 3 is 2.43 bits per heavy atom. The van der Waals surface area contributed by atoms with Crippen LogP contribution in [0.2, 0.25) is 0 Å². The Labute approximate surface area is 178 Å². The van der Waals surface area contributed by atoms with Crippen LogP contribution in [0.15, 0.2) is 88.8 Å². The lowest BCUT2D eigenvalue weighted by Crippen LogP contribution is -2.22. The predicted molar refractivity (Wildman–Crippen MR) is 122 cm³/mol. The van der Waals surface area contributed by atoms with Gasteiger partial charge in [0.25, 0.3) is 5.56 Å². The van der Waals surface area contributed by atoms with E-state index in [0.29, 0.717) is 11.2 Å². The average molecular weight is 413 g/mol. The lowest BCUT2D eigenvalue weighted by Gasteiger charge is -2.13. The van der Waals surface area contributed by atoms with Crippen LogP contribution in [0, 0.1) is 6.92 Å². The molecule has 2 aromatic heterocycles. The van der Waals surface area contributed by atoms with E-state index in [4.69, 9.17) is 0 Å². The number of aromatic nitrogens is 4. The molecule has 5 rings (SSSR count). The number of nitrogens with zero attached hydrogens (tertiary/aromatic N) is 4. The van der Waals surface area contributed by atoms with Crippen LogP contribution in [-0.2, 0) is 6.42 Å². The summed E-state index contributed by atoms with van der Waals surface area (Å²) in [5.41, 5.74) is 3.88. The highest BCUT2D eigenvalue weighted by Gasteiger charge is 2.18. The fourth-order valence-corrected chi connectivity index (χ4v) is 4.64. The number of fused-ring (bicyclic) bond motifs is 3.